The maximum Gasteiger partial charge on any atom is 0.0683 e. The first-order valence-electron chi connectivity index (χ1n) is 10.3. The largest absolute Gasteiger partial charge is 0.404 e. The van der Waals surface area contributed by atoms with E-state index in [0.29, 0.717) is 0 Å². The van der Waals surface area contributed by atoms with E-state index in [4.69, 9.17) is 10.7 Å². The van der Waals surface area contributed by atoms with Crippen molar-refractivity contribution in [2.45, 2.75) is 33.1 Å². The lowest BCUT2D eigenvalue weighted by Gasteiger charge is -2.38. The van der Waals surface area contributed by atoms with Crippen molar-refractivity contribution in [3.8, 4) is 0 Å². The third-order valence-corrected chi connectivity index (χ3v) is 5.99. The third-order valence-electron chi connectivity index (χ3n) is 5.77. The Morgan fingerprint density at radius 2 is 1.93 bits per heavy atom. The molecule has 0 radical (unpaired) electrons. The van der Waals surface area contributed by atoms with Crippen LogP contribution in [0.3, 0.4) is 0 Å². The molecule has 0 aliphatic heterocycles. The quantitative estimate of drug-likeness (QED) is 0.394. The maximum absolute atomic E-state index is 6.08. The van der Waals surface area contributed by atoms with Crippen molar-refractivity contribution >= 4 is 24.2 Å². The summed E-state index contributed by atoms with van der Waals surface area (Å²) in [7, 11) is 0. The van der Waals surface area contributed by atoms with Crippen molar-refractivity contribution in [2.24, 2.45) is 16.1 Å². The number of hydrogen-bond donors (Lipinski definition) is 3. The molecule has 3 N–H and O–H groups in total. The zero-order valence-electron chi connectivity index (χ0n) is 17.9. The molecule has 0 saturated carbocycles. The standard InChI is InChI=1S/C26H31N3S/c1-4-26(16-21-7-5-6-20(3)14-21)17-22(18-27)25(15-23(26)12-13-28-30)29-24-10-8-19(2)9-11-24/h4-11,14-15,18,28,30H,1,12-13,16-17,27H2,2-3H3. The van der Waals surface area contributed by atoms with Crippen LogP contribution in [-0.4, -0.2) is 12.3 Å². The first-order valence-corrected chi connectivity index (χ1v) is 10.8. The van der Waals surface area contributed by atoms with Crippen molar-refractivity contribution in [3.63, 3.8) is 0 Å². The number of benzene rings is 2. The molecule has 30 heavy (non-hydrogen) atoms. The lowest BCUT2D eigenvalue weighted by atomic mass is 9.66. The predicted molar refractivity (Wildman–Crippen MR) is 132 cm³/mol. The van der Waals surface area contributed by atoms with Crippen molar-refractivity contribution in [1.29, 1.82) is 0 Å². The van der Waals surface area contributed by atoms with Crippen LogP contribution in [-0.2, 0) is 6.42 Å². The van der Waals surface area contributed by atoms with Gasteiger partial charge in [0.1, 0.15) is 0 Å². The third kappa shape index (κ3) is 5.13. The number of nitrogens with zero attached hydrogens (tertiary/aromatic N) is 1. The van der Waals surface area contributed by atoms with E-state index in [1.54, 1.807) is 6.20 Å². The summed E-state index contributed by atoms with van der Waals surface area (Å²) >= 11 is 4.20. The number of aryl methyl sites for hydroxylation is 2. The van der Waals surface area contributed by atoms with Crippen molar-refractivity contribution < 1.29 is 0 Å². The molecule has 1 aliphatic rings. The molecule has 156 valence electrons. The number of nitrogens with one attached hydrogen (secondary N) is 1. The van der Waals surface area contributed by atoms with Crippen LogP contribution in [0.25, 0.3) is 0 Å². The molecule has 0 heterocycles. The van der Waals surface area contributed by atoms with Crippen LogP contribution < -0.4 is 10.5 Å². The van der Waals surface area contributed by atoms with Gasteiger partial charge in [0, 0.05) is 12.0 Å². The van der Waals surface area contributed by atoms with Gasteiger partial charge in [0.2, 0.25) is 0 Å². The highest BCUT2D eigenvalue weighted by molar-refractivity contribution is 7.78. The molecule has 0 amide bonds. The summed E-state index contributed by atoms with van der Waals surface area (Å²) in [5, 5.41) is 0. The molecule has 0 fully saturated rings. The number of nitrogens with two attached hydrogens (primary N) is 1. The van der Waals surface area contributed by atoms with Gasteiger partial charge in [-0.25, -0.2) is 4.99 Å². The Hall–Kier alpha value is -2.56. The molecule has 1 aliphatic carbocycles. The van der Waals surface area contributed by atoms with Gasteiger partial charge in [0.05, 0.1) is 11.4 Å². The highest BCUT2D eigenvalue weighted by Gasteiger charge is 2.36. The number of thiol groups is 1. The summed E-state index contributed by atoms with van der Waals surface area (Å²) in [6.07, 6.45) is 8.52. The minimum Gasteiger partial charge on any atom is -0.404 e. The Balaban J connectivity index is 2.06. The van der Waals surface area contributed by atoms with E-state index in [9.17, 15) is 0 Å². The van der Waals surface area contributed by atoms with Gasteiger partial charge >= 0.3 is 0 Å². The predicted octanol–water partition coefficient (Wildman–Crippen LogP) is 5.79. The van der Waals surface area contributed by atoms with E-state index in [-0.39, 0.29) is 5.41 Å². The van der Waals surface area contributed by atoms with Gasteiger partial charge in [-0.15, -0.1) is 6.58 Å². The lowest BCUT2D eigenvalue weighted by Crippen LogP contribution is -2.32. The molecule has 0 aromatic heterocycles. The fourth-order valence-electron chi connectivity index (χ4n) is 4.10. The topological polar surface area (TPSA) is 50.4 Å². The highest BCUT2D eigenvalue weighted by Crippen LogP contribution is 2.44. The first kappa shape index (κ1) is 22.1. The molecule has 2 aromatic rings. The molecule has 3 rings (SSSR count). The van der Waals surface area contributed by atoms with Crippen LogP contribution in [0.2, 0.25) is 0 Å². The van der Waals surface area contributed by atoms with Crippen molar-refractivity contribution in [1.82, 2.24) is 4.72 Å². The number of hydrogen-bond acceptors (Lipinski definition) is 4. The second-order valence-electron chi connectivity index (χ2n) is 8.06. The van der Waals surface area contributed by atoms with E-state index < -0.39 is 0 Å². The summed E-state index contributed by atoms with van der Waals surface area (Å²) in [5.41, 5.74) is 13.9. The fraction of sp³-hybridized carbons (Fsp3) is 0.269. The van der Waals surface area contributed by atoms with Gasteiger partial charge in [0.15, 0.2) is 0 Å². The highest BCUT2D eigenvalue weighted by atomic mass is 32.1. The summed E-state index contributed by atoms with van der Waals surface area (Å²) in [6, 6.07) is 16.9. The summed E-state index contributed by atoms with van der Waals surface area (Å²) in [6.45, 7) is 9.22. The smallest absolute Gasteiger partial charge is 0.0683 e. The van der Waals surface area contributed by atoms with Crippen LogP contribution in [0, 0.1) is 19.3 Å². The molecular weight excluding hydrogens is 386 g/mol. The molecule has 0 bridgehead atoms. The van der Waals surface area contributed by atoms with E-state index in [1.165, 1.54) is 22.3 Å². The molecule has 0 saturated heterocycles. The van der Waals surface area contributed by atoms with E-state index >= 15 is 0 Å². The molecule has 1 atom stereocenters. The van der Waals surface area contributed by atoms with Gasteiger partial charge in [-0.3, -0.25) is 4.72 Å². The second kappa shape index (κ2) is 9.96. The summed E-state index contributed by atoms with van der Waals surface area (Å²) in [5.74, 6) is 0. The Kier molecular flexibility index (Phi) is 7.35. The summed E-state index contributed by atoms with van der Waals surface area (Å²) in [4.78, 5) is 4.91. The van der Waals surface area contributed by atoms with Crippen LogP contribution in [0.4, 0.5) is 5.69 Å². The fourth-order valence-corrected chi connectivity index (χ4v) is 4.21. The SMILES string of the molecule is C=CC1(Cc2cccc(C)c2)CC(=CN)C(=Nc2ccc(C)cc2)C=C1CCNS. The normalized spacial score (nSPS) is 21.6. The average molecular weight is 418 g/mol. The van der Waals surface area contributed by atoms with E-state index in [1.807, 2.05) is 12.1 Å². The molecular formula is C26H31N3S. The molecule has 3 nitrogen and oxygen atoms in total. The monoisotopic (exact) mass is 417 g/mol. The van der Waals surface area contributed by atoms with E-state index in [0.717, 1.165) is 42.8 Å². The number of allylic oxidation sites excluding steroid dienone is 3. The average Bonchev–Trinajstić information content (AvgIpc) is 2.75. The summed E-state index contributed by atoms with van der Waals surface area (Å²) < 4.78 is 2.99. The van der Waals surface area contributed by atoms with Crippen LogP contribution in [0.15, 0.2) is 89.6 Å². The second-order valence-corrected chi connectivity index (χ2v) is 8.37. The van der Waals surface area contributed by atoms with Crippen molar-refractivity contribution in [2.75, 3.05) is 6.54 Å². The van der Waals surface area contributed by atoms with Gasteiger partial charge < -0.3 is 5.73 Å². The van der Waals surface area contributed by atoms with Gasteiger partial charge in [-0.1, -0.05) is 72.0 Å². The Morgan fingerprint density at radius 3 is 2.57 bits per heavy atom. The van der Waals surface area contributed by atoms with Gasteiger partial charge in [0.25, 0.3) is 0 Å². The minimum atomic E-state index is -0.198. The molecule has 0 spiro atoms. The maximum atomic E-state index is 6.08. The van der Waals surface area contributed by atoms with Gasteiger partial charge in [-0.05, 0) is 68.7 Å². The van der Waals surface area contributed by atoms with Crippen LogP contribution in [0.5, 0.6) is 0 Å². The molecule has 2 aromatic carbocycles. The van der Waals surface area contributed by atoms with E-state index in [2.05, 4.69) is 86.5 Å². The Morgan fingerprint density at radius 1 is 1.17 bits per heavy atom. The Labute approximate surface area is 186 Å². The molecule has 4 heteroatoms. The number of rotatable bonds is 7. The van der Waals surface area contributed by atoms with Crippen molar-refractivity contribution in [3.05, 3.63) is 101 Å². The zero-order chi connectivity index (χ0) is 21.6. The first-order chi connectivity index (χ1) is 14.5. The van der Waals surface area contributed by atoms with Crippen LogP contribution in [0.1, 0.15) is 29.5 Å². The molecule has 1 unspecified atom stereocenters. The minimum absolute atomic E-state index is 0.198. The van der Waals surface area contributed by atoms with Gasteiger partial charge in [-0.2, -0.15) is 0 Å². The van der Waals surface area contributed by atoms with Crippen LogP contribution >= 0.6 is 12.8 Å². The number of aliphatic imine (C=N–C) groups is 1. The lowest BCUT2D eigenvalue weighted by molar-refractivity contribution is 0.436. The Bertz CT molecular complexity index is 986. The zero-order valence-corrected chi connectivity index (χ0v) is 18.8.